The summed E-state index contributed by atoms with van der Waals surface area (Å²) in [5.74, 6) is 1.43. The molecule has 0 heterocycles. The van der Waals surface area contributed by atoms with Crippen molar-refractivity contribution in [2.75, 3.05) is 0 Å². The third-order valence-electron chi connectivity index (χ3n) is 7.19. The summed E-state index contributed by atoms with van der Waals surface area (Å²) < 4.78 is 15.0. The molecule has 31 heavy (non-hydrogen) atoms. The van der Waals surface area contributed by atoms with Crippen LogP contribution in [-0.2, 0) is 6.42 Å². The lowest BCUT2D eigenvalue weighted by molar-refractivity contribution is 0.319. The van der Waals surface area contributed by atoms with Crippen molar-refractivity contribution in [1.82, 2.24) is 0 Å². The number of rotatable bonds is 7. The van der Waals surface area contributed by atoms with Crippen LogP contribution in [0.2, 0.25) is 0 Å². The zero-order valence-electron chi connectivity index (χ0n) is 19.0. The molecule has 3 aromatic carbocycles. The predicted molar refractivity (Wildman–Crippen MR) is 131 cm³/mol. The van der Waals surface area contributed by atoms with Crippen molar-refractivity contribution in [2.24, 2.45) is 5.92 Å². The second kappa shape index (κ2) is 10.3. The van der Waals surface area contributed by atoms with Gasteiger partial charge in [0.05, 0.1) is 0 Å². The summed E-state index contributed by atoms with van der Waals surface area (Å²) in [6.07, 6.45) is 10.1. The van der Waals surface area contributed by atoms with Crippen LogP contribution in [-0.4, -0.2) is 0 Å². The molecule has 0 atom stereocenters. The van der Waals surface area contributed by atoms with Gasteiger partial charge in [-0.2, -0.15) is 0 Å². The minimum Gasteiger partial charge on any atom is -0.206 e. The van der Waals surface area contributed by atoms with Crippen molar-refractivity contribution >= 4 is 0 Å². The fraction of sp³-hybridized carbons (Fsp3) is 0.400. The summed E-state index contributed by atoms with van der Waals surface area (Å²) in [4.78, 5) is 0. The Morgan fingerprint density at radius 2 is 1.39 bits per heavy atom. The molecular weight excluding hydrogens is 379 g/mol. The van der Waals surface area contributed by atoms with Crippen molar-refractivity contribution in [1.29, 1.82) is 0 Å². The number of unbranched alkanes of at least 4 members (excludes halogenated alkanes) is 1. The molecule has 1 fully saturated rings. The van der Waals surface area contributed by atoms with E-state index in [1.54, 1.807) is 6.07 Å². The van der Waals surface area contributed by atoms with E-state index >= 15 is 4.39 Å². The molecule has 0 amide bonds. The van der Waals surface area contributed by atoms with Gasteiger partial charge >= 0.3 is 0 Å². The maximum Gasteiger partial charge on any atom is 0.131 e. The van der Waals surface area contributed by atoms with Crippen LogP contribution in [0.25, 0.3) is 22.3 Å². The zero-order chi connectivity index (χ0) is 21.6. The van der Waals surface area contributed by atoms with Gasteiger partial charge < -0.3 is 0 Å². The van der Waals surface area contributed by atoms with Crippen molar-refractivity contribution in [3.8, 4) is 22.3 Å². The molecule has 3 aromatic rings. The fourth-order valence-corrected chi connectivity index (χ4v) is 5.01. The summed E-state index contributed by atoms with van der Waals surface area (Å²) in [5, 5.41) is 0. The van der Waals surface area contributed by atoms with Gasteiger partial charge in [-0.25, -0.2) is 4.39 Å². The standard InChI is InChI=1S/C30H35F/c1-3-5-6-23-9-13-26(14-10-23)28-19-20-29(30(31)21-28)27-17-15-25(16-18-27)24-11-7-22(4-2)8-12-24/h9-10,13-22,24H,3-8,11-12H2,1-2H3. The minimum absolute atomic E-state index is 0.149. The molecule has 1 aliphatic carbocycles. The maximum atomic E-state index is 15.0. The van der Waals surface area contributed by atoms with Crippen LogP contribution in [0.15, 0.2) is 66.7 Å². The number of aryl methyl sites for hydroxylation is 1. The molecule has 0 radical (unpaired) electrons. The van der Waals surface area contributed by atoms with Gasteiger partial charge in [0, 0.05) is 5.56 Å². The lowest BCUT2D eigenvalue weighted by Gasteiger charge is -2.28. The number of hydrogen-bond acceptors (Lipinski definition) is 0. The van der Waals surface area contributed by atoms with Gasteiger partial charge in [0.1, 0.15) is 5.82 Å². The van der Waals surface area contributed by atoms with E-state index in [1.807, 2.05) is 12.1 Å². The van der Waals surface area contributed by atoms with Gasteiger partial charge in [-0.05, 0) is 84.2 Å². The summed E-state index contributed by atoms with van der Waals surface area (Å²) in [6.45, 7) is 4.52. The van der Waals surface area contributed by atoms with Gasteiger partial charge in [0.15, 0.2) is 0 Å². The monoisotopic (exact) mass is 414 g/mol. The van der Waals surface area contributed by atoms with Crippen molar-refractivity contribution in [3.63, 3.8) is 0 Å². The van der Waals surface area contributed by atoms with Crippen LogP contribution >= 0.6 is 0 Å². The molecule has 0 aliphatic heterocycles. The van der Waals surface area contributed by atoms with E-state index in [2.05, 4.69) is 62.4 Å². The Hall–Kier alpha value is -2.41. The SMILES string of the molecule is CCCCc1ccc(-c2ccc(-c3ccc(C4CCC(CC)CC4)cc3)c(F)c2)cc1. The van der Waals surface area contributed by atoms with Gasteiger partial charge in [-0.15, -0.1) is 0 Å². The smallest absolute Gasteiger partial charge is 0.131 e. The molecule has 0 bridgehead atoms. The van der Waals surface area contributed by atoms with Crippen molar-refractivity contribution in [2.45, 2.75) is 71.1 Å². The van der Waals surface area contributed by atoms with E-state index in [9.17, 15) is 0 Å². The van der Waals surface area contributed by atoms with Gasteiger partial charge in [-0.3, -0.25) is 0 Å². The Kier molecular flexibility index (Phi) is 7.22. The first kappa shape index (κ1) is 21.8. The van der Waals surface area contributed by atoms with Crippen LogP contribution in [0.3, 0.4) is 0 Å². The van der Waals surface area contributed by atoms with Gasteiger partial charge in [-0.1, -0.05) is 87.4 Å². The van der Waals surface area contributed by atoms with E-state index in [0.29, 0.717) is 11.5 Å². The van der Waals surface area contributed by atoms with Crippen LogP contribution < -0.4 is 0 Å². The van der Waals surface area contributed by atoms with Crippen LogP contribution in [0, 0.1) is 11.7 Å². The molecule has 0 nitrogen and oxygen atoms in total. The third kappa shape index (κ3) is 5.26. The van der Waals surface area contributed by atoms with E-state index in [1.165, 1.54) is 56.1 Å². The Bertz CT molecular complexity index is 960. The van der Waals surface area contributed by atoms with E-state index in [-0.39, 0.29) is 5.82 Å². The zero-order valence-corrected chi connectivity index (χ0v) is 19.0. The molecule has 1 aliphatic rings. The number of halogens is 1. The van der Waals surface area contributed by atoms with Gasteiger partial charge in [0.25, 0.3) is 0 Å². The highest BCUT2D eigenvalue weighted by atomic mass is 19.1. The molecule has 0 N–H and O–H groups in total. The first-order valence-corrected chi connectivity index (χ1v) is 12.2. The fourth-order valence-electron chi connectivity index (χ4n) is 5.01. The second-order valence-electron chi connectivity index (χ2n) is 9.24. The minimum atomic E-state index is -0.149. The molecular formula is C30H35F. The Balaban J connectivity index is 1.47. The molecule has 1 saturated carbocycles. The largest absolute Gasteiger partial charge is 0.206 e. The normalized spacial score (nSPS) is 18.8. The average molecular weight is 415 g/mol. The van der Waals surface area contributed by atoms with E-state index in [0.717, 1.165) is 29.0 Å². The molecule has 0 spiro atoms. The van der Waals surface area contributed by atoms with E-state index < -0.39 is 0 Å². The topological polar surface area (TPSA) is 0 Å². The number of hydrogen-bond donors (Lipinski definition) is 0. The van der Waals surface area contributed by atoms with Crippen LogP contribution in [0.1, 0.15) is 75.8 Å². The van der Waals surface area contributed by atoms with E-state index in [4.69, 9.17) is 0 Å². The molecule has 4 rings (SSSR count). The predicted octanol–water partition coefficient (Wildman–Crippen LogP) is 9.19. The second-order valence-corrected chi connectivity index (χ2v) is 9.24. The quantitative estimate of drug-likeness (QED) is 0.361. The molecule has 0 saturated heterocycles. The molecule has 0 aromatic heterocycles. The van der Waals surface area contributed by atoms with Crippen molar-refractivity contribution in [3.05, 3.63) is 83.7 Å². The first-order chi connectivity index (χ1) is 15.2. The summed E-state index contributed by atoms with van der Waals surface area (Å²) >= 11 is 0. The summed E-state index contributed by atoms with van der Waals surface area (Å²) in [7, 11) is 0. The van der Waals surface area contributed by atoms with Gasteiger partial charge in [0.2, 0.25) is 0 Å². The summed E-state index contributed by atoms with van der Waals surface area (Å²) in [6, 6.07) is 22.8. The number of benzene rings is 3. The Morgan fingerprint density at radius 3 is 2.00 bits per heavy atom. The third-order valence-corrected chi connectivity index (χ3v) is 7.19. The Labute approximate surface area is 187 Å². The lowest BCUT2D eigenvalue weighted by atomic mass is 9.77. The maximum absolute atomic E-state index is 15.0. The highest BCUT2D eigenvalue weighted by Crippen LogP contribution is 2.38. The first-order valence-electron chi connectivity index (χ1n) is 12.2. The highest BCUT2D eigenvalue weighted by Gasteiger charge is 2.21. The lowest BCUT2D eigenvalue weighted by Crippen LogP contribution is -2.12. The Morgan fingerprint density at radius 1 is 0.742 bits per heavy atom. The highest BCUT2D eigenvalue weighted by molar-refractivity contribution is 5.71. The summed E-state index contributed by atoms with van der Waals surface area (Å²) in [5.41, 5.74) is 6.43. The molecule has 0 unspecified atom stereocenters. The molecule has 162 valence electrons. The van der Waals surface area contributed by atoms with Crippen LogP contribution in [0.4, 0.5) is 4.39 Å². The molecule has 1 heteroatoms. The average Bonchev–Trinajstić information content (AvgIpc) is 2.83. The van der Waals surface area contributed by atoms with Crippen molar-refractivity contribution < 1.29 is 4.39 Å². The van der Waals surface area contributed by atoms with Crippen LogP contribution in [0.5, 0.6) is 0 Å².